The molecule has 0 radical (unpaired) electrons. The first kappa shape index (κ1) is 6.18. The zero-order chi connectivity index (χ0) is 6.97. The van der Waals surface area contributed by atoms with E-state index in [2.05, 4.69) is 29.7 Å². The van der Waals surface area contributed by atoms with Crippen LogP contribution >= 0.6 is 27.7 Å². The maximum absolute atomic E-state index is 4.03. The third-order valence-corrected chi connectivity index (χ3v) is 2.05. The first-order valence-electron chi connectivity index (χ1n) is 2.60. The zero-order valence-corrected chi connectivity index (χ0v) is 7.19. The van der Waals surface area contributed by atoms with Crippen LogP contribution in [-0.2, 0) is 0 Å². The maximum Gasteiger partial charge on any atom is 0.193 e. The van der Waals surface area contributed by atoms with Crippen LogP contribution in [0.3, 0.4) is 0 Å². The highest BCUT2D eigenvalue weighted by molar-refractivity contribution is 9.10. The van der Waals surface area contributed by atoms with Crippen molar-refractivity contribution in [3.8, 4) is 0 Å². The monoisotopic (exact) mass is 215 g/mol. The van der Waals surface area contributed by atoms with E-state index in [1.54, 1.807) is 6.20 Å². The summed E-state index contributed by atoms with van der Waals surface area (Å²) >= 11 is 4.47. The van der Waals surface area contributed by atoms with Gasteiger partial charge in [-0.15, -0.1) is 0 Å². The summed E-state index contributed by atoms with van der Waals surface area (Å²) in [6.45, 7) is 0. The number of pyridine rings is 1. The largest absolute Gasteiger partial charge is 0.233 e. The molecule has 0 bridgehead atoms. The highest BCUT2D eigenvalue weighted by Crippen LogP contribution is 2.14. The summed E-state index contributed by atoms with van der Waals surface area (Å²) in [6, 6.07) is 1.89. The van der Waals surface area contributed by atoms with Crippen LogP contribution in [0.4, 0.5) is 0 Å². The van der Waals surface area contributed by atoms with Crippen molar-refractivity contribution in [2.24, 2.45) is 0 Å². The van der Waals surface area contributed by atoms with Crippen LogP contribution in [0.5, 0.6) is 0 Å². The maximum atomic E-state index is 4.03. The van der Waals surface area contributed by atoms with Crippen LogP contribution in [0.25, 0.3) is 11.2 Å². The number of halogens is 1. The van der Waals surface area contributed by atoms with Gasteiger partial charge in [-0.1, -0.05) is 0 Å². The van der Waals surface area contributed by atoms with Gasteiger partial charge in [0, 0.05) is 10.7 Å². The molecule has 0 fully saturated rings. The number of hydrogen-bond donors (Lipinski definition) is 0. The highest BCUT2D eigenvalue weighted by atomic mass is 79.9. The average molecular weight is 216 g/mol. The molecule has 5 heteroatoms. The van der Waals surface area contributed by atoms with Crippen molar-refractivity contribution < 1.29 is 0 Å². The lowest BCUT2D eigenvalue weighted by molar-refractivity contribution is 1.35. The fraction of sp³-hybridized carbons (Fsp3) is 0. The minimum atomic E-state index is 0.716. The van der Waals surface area contributed by atoms with Crippen LogP contribution in [-0.4, -0.2) is 13.7 Å². The smallest absolute Gasteiger partial charge is 0.193 e. The van der Waals surface area contributed by atoms with Gasteiger partial charge in [-0.3, -0.25) is 0 Å². The van der Waals surface area contributed by atoms with Crippen molar-refractivity contribution >= 4 is 38.8 Å². The number of nitrogens with zero attached hydrogens (tertiary/aromatic N) is 3. The summed E-state index contributed by atoms with van der Waals surface area (Å²) in [6.07, 6.45) is 1.71. The van der Waals surface area contributed by atoms with Gasteiger partial charge < -0.3 is 0 Å². The lowest BCUT2D eigenvalue weighted by atomic mass is 10.4. The van der Waals surface area contributed by atoms with Crippen molar-refractivity contribution in [2.45, 2.75) is 0 Å². The van der Waals surface area contributed by atoms with E-state index in [-0.39, 0.29) is 0 Å². The predicted octanol–water partition coefficient (Wildman–Crippen LogP) is 1.85. The molecule has 10 heavy (non-hydrogen) atoms. The molecule has 0 aliphatic rings. The average Bonchev–Trinajstić information content (AvgIpc) is 2.33. The molecule has 3 nitrogen and oxygen atoms in total. The van der Waals surface area contributed by atoms with Crippen LogP contribution < -0.4 is 0 Å². The van der Waals surface area contributed by atoms with E-state index in [0.717, 1.165) is 9.99 Å². The molecular formula is C5H2BrN3S. The molecule has 0 amide bonds. The van der Waals surface area contributed by atoms with Gasteiger partial charge in [0.25, 0.3) is 0 Å². The van der Waals surface area contributed by atoms with E-state index in [1.807, 2.05) is 6.07 Å². The van der Waals surface area contributed by atoms with Crippen LogP contribution in [0.1, 0.15) is 0 Å². The number of aromatic nitrogens is 3. The molecule has 2 aromatic rings. The Labute approximate surface area is 69.6 Å². The number of hydrogen-bond acceptors (Lipinski definition) is 4. The highest BCUT2D eigenvalue weighted by Gasteiger charge is 1.97. The summed E-state index contributed by atoms with van der Waals surface area (Å²) < 4.78 is 8.91. The van der Waals surface area contributed by atoms with Crippen LogP contribution in [0.2, 0.25) is 0 Å². The topological polar surface area (TPSA) is 38.7 Å². The van der Waals surface area contributed by atoms with Gasteiger partial charge >= 0.3 is 0 Å². The quantitative estimate of drug-likeness (QED) is 0.674. The van der Waals surface area contributed by atoms with Gasteiger partial charge in [0.1, 0.15) is 5.52 Å². The second-order valence-electron chi connectivity index (χ2n) is 1.76. The Morgan fingerprint density at radius 2 is 2.30 bits per heavy atom. The third-order valence-electron chi connectivity index (χ3n) is 1.08. The summed E-state index contributed by atoms with van der Waals surface area (Å²) in [4.78, 5) is 4.03. The van der Waals surface area contributed by atoms with Crippen LogP contribution in [0.15, 0.2) is 16.7 Å². The van der Waals surface area contributed by atoms with Crippen LogP contribution in [0, 0.1) is 0 Å². The molecule has 0 N–H and O–H groups in total. The van der Waals surface area contributed by atoms with Crippen molar-refractivity contribution in [3.05, 3.63) is 16.7 Å². The van der Waals surface area contributed by atoms with Gasteiger partial charge in [-0.2, -0.15) is 8.75 Å². The molecular weight excluding hydrogens is 214 g/mol. The molecule has 0 unspecified atom stereocenters. The standard InChI is InChI=1S/C5H2BrN3S/c6-3-1-4-5(7-2-3)9-10-8-4/h1-2H. The molecule has 0 saturated carbocycles. The third kappa shape index (κ3) is 0.911. The molecule has 0 aromatic carbocycles. The fourth-order valence-corrected chi connectivity index (χ4v) is 1.46. The zero-order valence-electron chi connectivity index (χ0n) is 4.78. The Balaban J connectivity index is 2.86. The predicted molar refractivity (Wildman–Crippen MR) is 42.9 cm³/mol. The van der Waals surface area contributed by atoms with Gasteiger partial charge in [-0.05, 0) is 22.0 Å². The minimum Gasteiger partial charge on any atom is -0.233 e. The molecule has 50 valence electrons. The molecule has 2 rings (SSSR count). The Morgan fingerprint density at radius 1 is 1.40 bits per heavy atom. The van der Waals surface area contributed by atoms with E-state index in [9.17, 15) is 0 Å². The molecule has 2 aromatic heterocycles. The number of fused-ring (bicyclic) bond motifs is 1. The van der Waals surface area contributed by atoms with E-state index in [0.29, 0.717) is 5.65 Å². The van der Waals surface area contributed by atoms with Crippen molar-refractivity contribution in [1.29, 1.82) is 0 Å². The second kappa shape index (κ2) is 2.25. The molecule has 0 aliphatic heterocycles. The normalized spacial score (nSPS) is 10.5. The van der Waals surface area contributed by atoms with Crippen molar-refractivity contribution in [3.63, 3.8) is 0 Å². The Hall–Kier alpha value is -0.550. The Morgan fingerprint density at radius 3 is 3.20 bits per heavy atom. The van der Waals surface area contributed by atoms with E-state index >= 15 is 0 Å². The van der Waals surface area contributed by atoms with Crippen molar-refractivity contribution in [2.75, 3.05) is 0 Å². The van der Waals surface area contributed by atoms with Gasteiger partial charge in [0.05, 0.1) is 11.7 Å². The van der Waals surface area contributed by atoms with E-state index in [1.165, 1.54) is 11.7 Å². The lowest BCUT2D eigenvalue weighted by Gasteiger charge is -1.84. The van der Waals surface area contributed by atoms with Crippen molar-refractivity contribution in [1.82, 2.24) is 13.7 Å². The summed E-state index contributed by atoms with van der Waals surface area (Å²) in [5.41, 5.74) is 1.56. The van der Waals surface area contributed by atoms with Gasteiger partial charge in [0.2, 0.25) is 0 Å². The summed E-state index contributed by atoms with van der Waals surface area (Å²) in [5.74, 6) is 0. The number of rotatable bonds is 0. The van der Waals surface area contributed by atoms with E-state index in [4.69, 9.17) is 0 Å². The molecule has 0 aliphatic carbocycles. The van der Waals surface area contributed by atoms with E-state index < -0.39 is 0 Å². The first-order valence-corrected chi connectivity index (χ1v) is 4.12. The Bertz CT molecular complexity index is 358. The SMILES string of the molecule is Brc1cnc2nsnc2c1. The molecule has 0 spiro atoms. The van der Waals surface area contributed by atoms with Gasteiger partial charge in [0.15, 0.2) is 5.65 Å². The molecule has 2 heterocycles. The molecule has 0 atom stereocenters. The Kier molecular flexibility index (Phi) is 1.39. The first-order chi connectivity index (χ1) is 4.86. The minimum absolute atomic E-state index is 0.716. The second-order valence-corrected chi connectivity index (χ2v) is 3.20. The summed E-state index contributed by atoms with van der Waals surface area (Å²) in [5, 5.41) is 0. The van der Waals surface area contributed by atoms with Gasteiger partial charge in [-0.25, -0.2) is 4.98 Å². The lowest BCUT2D eigenvalue weighted by Crippen LogP contribution is -1.74. The summed E-state index contributed by atoms with van der Waals surface area (Å²) in [7, 11) is 0. The fourth-order valence-electron chi connectivity index (χ4n) is 0.662. The molecule has 0 saturated heterocycles.